The van der Waals surface area contributed by atoms with E-state index in [9.17, 15) is 4.79 Å². The molecule has 22 heavy (non-hydrogen) atoms. The number of likely N-dealkylation sites (tertiary alicyclic amines) is 1. The Bertz CT molecular complexity index is 509. The second-order valence-electron chi connectivity index (χ2n) is 6.86. The zero-order valence-corrected chi connectivity index (χ0v) is 14.1. The Morgan fingerprint density at radius 2 is 2.23 bits per heavy atom. The smallest absolute Gasteiger partial charge is 0.410 e. The van der Waals surface area contributed by atoms with Crippen LogP contribution in [0.25, 0.3) is 0 Å². The first-order valence-corrected chi connectivity index (χ1v) is 7.72. The minimum atomic E-state index is -0.469. The van der Waals surface area contributed by atoms with Crippen molar-refractivity contribution in [2.24, 2.45) is 0 Å². The van der Waals surface area contributed by atoms with Crippen LogP contribution in [-0.4, -0.2) is 57.8 Å². The Labute approximate surface area is 131 Å². The molecule has 1 aromatic heterocycles. The number of likely N-dealkylation sites (N-methyl/N-ethyl adjacent to an activating group) is 1. The predicted molar refractivity (Wildman–Crippen MR) is 81.3 cm³/mol. The van der Waals surface area contributed by atoms with Gasteiger partial charge in [0.1, 0.15) is 5.60 Å². The van der Waals surface area contributed by atoms with Crippen LogP contribution in [0.3, 0.4) is 0 Å². The van der Waals surface area contributed by atoms with Gasteiger partial charge in [0.25, 0.3) is 0 Å². The van der Waals surface area contributed by atoms with E-state index in [4.69, 9.17) is 9.26 Å². The molecule has 1 aliphatic heterocycles. The molecular formula is C15H26N4O3. The number of rotatable bonds is 4. The minimum absolute atomic E-state index is 0.283. The second-order valence-corrected chi connectivity index (χ2v) is 6.86. The first-order valence-electron chi connectivity index (χ1n) is 7.72. The Morgan fingerprint density at radius 1 is 1.50 bits per heavy atom. The van der Waals surface area contributed by atoms with Gasteiger partial charge in [-0.05, 0) is 40.2 Å². The van der Waals surface area contributed by atoms with Gasteiger partial charge in [-0.25, -0.2) is 4.79 Å². The van der Waals surface area contributed by atoms with Crippen LogP contribution in [0.5, 0.6) is 0 Å². The van der Waals surface area contributed by atoms with Crippen LogP contribution >= 0.6 is 0 Å². The lowest BCUT2D eigenvalue weighted by Crippen LogP contribution is -2.43. The van der Waals surface area contributed by atoms with Crippen LogP contribution in [0.15, 0.2) is 4.52 Å². The number of carbonyl (C=O) groups is 1. The molecule has 0 saturated carbocycles. The number of ether oxygens (including phenoxy) is 1. The van der Waals surface area contributed by atoms with Gasteiger partial charge >= 0.3 is 6.09 Å². The van der Waals surface area contributed by atoms with E-state index in [1.807, 2.05) is 20.8 Å². The van der Waals surface area contributed by atoms with Gasteiger partial charge in [-0.15, -0.1) is 0 Å². The average molecular weight is 310 g/mol. The molecule has 7 heteroatoms. The quantitative estimate of drug-likeness (QED) is 0.849. The number of nitrogens with zero attached hydrogens (tertiary/aromatic N) is 4. The van der Waals surface area contributed by atoms with Crippen molar-refractivity contribution in [3.8, 4) is 0 Å². The van der Waals surface area contributed by atoms with Crippen molar-refractivity contribution in [1.82, 2.24) is 19.9 Å². The molecule has 0 aliphatic carbocycles. The molecule has 1 aliphatic rings. The lowest BCUT2D eigenvalue weighted by molar-refractivity contribution is 0.0255. The van der Waals surface area contributed by atoms with Gasteiger partial charge in [0, 0.05) is 26.6 Å². The van der Waals surface area contributed by atoms with E-state index in [1.165, 1.54) is 0 Å². The molecule has 0 aromatic carbocycles. The molecule has 124 valence electrons. The third-order valence-corrected chi connectivity index (χ3v) is 3.60. The largest absolute Gasteiger partial charge is 0.444 e. The Kier molecular flexibility index (Phi) is 5.05. The first kappa shape index (κ1) is 16.7. The summed E-state index contributed by atoms with van der Waals surface area (Å²) in [5, 5.41) is 3.94. The van der Waals surface area contributed by atoms with Gasteiger partial charge in [0.05, 0.1) is 6.54 Å². The molecule has 0 spiro atoms. The lowest BCUT2D eigenvalue weighted by Gasteiger charge is -2.29. The summed E-state index contributed by atoms with van der Waals surface area (Å²) in [5.41, 5.74) is -0.469. The summed E-state index contributed by atoms with van der Waals surface area (Å²) in [6.45, 7) is 9.70. The molecule has 1 aromatic rings. The summed E-state index contributed by atoms with van der Waals surface area (Å²) in [4.78, 5) is 20.3. The van der Waals surface area contributed by atoms with Crippen molar-refractivity contribution < 1.29 is 14.1 Å². The SMILES string of the molecule is Cc1nc(CN2CCC[C@H]2CN(C)C(=O)OC(C)(C)C)no1. The van der Waals surface area contributed by atoms with Crippen molar-refractivity contribution in [2.75, 3.05) is 20.1 Å². The number of aryl methyl sites for hydroxylation is 1. The summed E-state index contributed by atoms with van der Waals surface area (Å²) in [5.74, 6) is 1.28. The Morgan fingerprint density at radius 3 is 2.82 bits per heavy atom. The third kappa shape index (κ3) is 4.69. The highest BCUT2D eigenvalue weighted by atomic mass is 16.6. The standard InChI is InChI=1S/C15H26N4O3/c1-11-16-13(17-22-11)10-19-8-6-7-12(19)9-18(5)14(20)21-15(2,3)4/h12H,6-10H2,1-5H3/t12-/m0/s1. The summed E-state index contributed by atoms with van der Waals surface area (Å²) < 4.78 is 10.4. The van der Waals surface area contributed by atoms with Crippen LogP contribution in [-0.2, 0) is 11.3 Å². The molecule has 2 heterocycles. The second kappa shape index (κ2) is 6.64. The third-order valence-electron chi connectivity index (χ3n) is 3.60. The van der Waals surface area contributed by atoms with Crippen molar-refractivity contribution >= 4 is 6.09 Å². The van der Waals surface area contributed by atoms with Gasteiger partial charge in [-0.3, -0.25) is 4.90 Å². The highest BCUT2D eigenvalue weighted by molar-refractivity contribution is 5.67. The summed E-state index contributed by atoms with van der Waals surface area (Å²) >= 11 is 0. The average Bonchev–Trinajstić information content (AvgIpc) is 2.98. The molecule has 1 atom stereocenters. The summed E-state index contributed by atoms with van der Waals surface area (Å²) in [6.07, 6.45) is 1.89. The molecule has 1 fully saturated rings. The van der Waals surface area contributed by atoms with Crippen molar-refractivity contribution in [1.29, 1.82) is 0 Å². The molecule has 7 nitrogen and oxygen atoms in total. The van der Waals surface area contributed by atoms with Crippen LogP contribution in [0, 0.1) is 6.92 Å². The number of amides is 1. The highest BCUT2D eigenvalue weighted by Crippen LogP contribution is 2.20. The topological polar surface area (TPSA) is 71.7 Å². The fourth-order valence-corrected chi connectivity index (χ4v) is 2.63. The van der Waals surface area contributed by atoms with Crippen molar-refractivity contribution in [2.45, 2.75) is 58.7 Å². The van der Waals surface area contributed by atoms with Gasteiger partial charge in [-0.2, -0.15) is 4.98 Å². The van der Waals surface area contributed by atoms with E-state index < -0.39 is 5.60 Å². The van der Waals surface area contributed by atoms with Crippen molar-refractivity contribution in [3.05, 3.63) is 11.7 Å². The number of aromatic nitrogens is 2. The first-order chi connectivity index (χ1) is 10.2. The van der Waals surface area contributed by atoms with Crippen LogP contribution in [0.1, 0.15) is 45.3 Å². The zero-order valence-electron chi connectivity index (χ0n) is 14.1. The maximum atomic E-state index is 12.1. The minimum Gasteiger partial charge on any atom is -0.444 e. The van der Waals surface area contributed by atoms with Gasteiger partial charge in [-0.1, -0.05) is 5.16 Å². The maximum absolute atomic E-state index is 12.1. The molecule has 0 radical (unpaired) electrons. The predicted octanol–water partition coefficient (Wildman–Crippen LogP) is 2.21. The highest BCUT2D eigenvalue weighted by Gasteiger charge is 2.29. The van der Waals surface area contributed by atoms with E-state index in [0.717, 1.165) is 19.4 Å². The van der Waals surface area contributed by atoms with Gasteiger partial charge in [0.2, 0.25) is 5.89 Å². The molecule has 1 saturated heterocycles. The zero-order chi connectivity index (χ0) is 16.3. The van der Waals surface area contributed by atoms with Crippen LogP contribution in [0.2, 0.25) is 0 Å². The summed E-state index contributed by atoms with van der Waals surface area (Å²) in [7, 11) is 1.78. The fourth-order valence-electron chi connectivity index (χ4n) is 2.63. The van der Waals surface area contributed by atoms with Crippen molar-refractivity contribution in [3.63, 3.8) is 0 Å². The van der Waals surface area contributed by atoms with Crippen LogP contribution in [0.4, 0.5) is 4.79 Å². The molecule has 0 N–H and O–H groups in total. The monoisotopic (exact) mass is 310 g/mol. The maximum Gasteiger partial charge on any atom is 0.410 e. The fraction of sp³-hybridized carbons (Fsp3) is 0.800. The van der Waals surface area contributed by atoms with Crippen LogP contribution < -0.4 is 0 Å². The Balaban J connectivity index is 1.89. The summed E-state index contributed by atoms with van der Waals surface area (Å²) in [6, 6.07) is 0.302. The van der Waals surface area contributed by atoms with E-state index in [2.05, 4.69) is 15.0 Å². The molecule has 0 bridgehead atoms. The van der Waals surface area contributed by atoms with E-state index in [1.54, 1.807) is 18.9 Å². The molecular weight excluding hydrogens is 284 g/mol. The van der Waals surface area contributed by atoms with E-state index in [-0.39, 0.29) is 6.09 Å². The van der Waals surface area contributed by atoms with E-state index >= 15 is 0 Å². The lowest BCUT2D eigenvalue weighted by atomic mass is 10.2. The molecule has 2 rings (SSSR count). The van der Waals surface area contributed by atoms with E-state index in [0.29, 0.717) is 30.8 Å². The number of carbonyl (C=O) groups excluding carboxylic acids is 1. The van der Waals surface area contributed by atoms with Gasteiger partial charge in [0.15, 0.2) is 5.82 Å². The molecule has 0 unspecified atom stereocenters. The van der Waals surface area contributed by atoms with Gasteiger partial charge < -0.3 is 14.2 Å². The number of hydrogen-bond donors (Lipinski definition) is 0. The number of hydrogen-bond acceptors (Lipinski definition) is 6. The molecule has 1 amide bonds. The Hall–Kier alpha value is -1.63. The normalized spacial score (nSPS) is 19.4.